The van der Waals surface area contributed by atoms with Crippen LogP contribution in [0.2, 0.25) is 5.02 Å². The smallest absolute Gasteiger partial charge is 0.329 e. The fourth-order valence-corrected chi connectivity index (χ4v) is 2.86. The van der Waals surface area contributed by atoms with E-state index in [2.05, 4.69) is 0 Å². The van der Waals surface area contributed by atoms with Gasteiger partial charge in [-0.15, -0.1) is 0 Å². The van der Waals surface area contributed by atoms with Crippen molar-refractivity contribution < 1.29 is 19.1 Å². The second-order valence-corrected chi connectivity index (χ2v) is 5.68. The van der Waals surface area contributed by atoms with Gasteiger partial charge in [0.25, 0.3) is 0 Å². The van der Waals surface area contributed by atoms with Crippen LogP contribution in [0.1, 0.15) is 12.8 Å². The normalized spacial score (nSPS) is 16.7. The van der Waals surface area contributed by atoms with Crippen LogP contribution in [-0.4, -0.2) is 55.8 Å². The Labute approximate surface area is 139 Å². The number of carbonyl (C=O) groups excluding carboxylic acids is 3. The number of esters is 1. The van der Waals surface area contributed by atoms with Crippen molar-refractivity contribution in [2.45, 2.75) is 18.9 Å². The van der Waals surface area contributed by atoms with Gasteiger partial charge in [0.15, 0.2) is 0 Å². The summed E-state index contributed by atoms with van der Waals surface area (Å²) >= 11 is 6.01. The Hall–Kier alpha value is -2.08. The van der Waals surface area contributed by atoms with Crippen molar-refractivity contribution in [3.8, 4) is 0 Å². The summed E-state index contributed by atoms with van der Waals surface area (Å²) in [4.78, 5) is 38.5. The van der Waals surface area contributed by atoms with Gasteiger partial charge in [-0.1, -0.05) is 17.7 Å². The van der Waals surface area contributed by atoms with E-state index in [1.54, 1.807) is 6.07 Å². The standard InChI is InChI=1S/C16H19ClN2O4/c1-23-16(22)14(6-10-20)19-9-8-18(7-5-15(19)21)13-4-2-3-12(17)11-13/h2-4,10-11,14H,5-9H2,1H3/t14-/m0/s1. The molecule has 1 amide bonds. The highest BCUT2D eigenvalue weighted by molar-refractivity contribution is 6.30. The molecule has 0 unspecified atom stereocenters. The van der Waals surface area contributed by atoms with Crippen LogP contribution in [0.4, 0.5) is 5.69 Å². The first-order valence-electron chi connectivity index (χ1n) is 7.38. The molecule has 1 aromatic rings. The summed E-state index contributed by atoms with van der Waals surface area (Å²) < 4.78 is 4.71. The van der Waals surface area contributed by atoms with Gasteiger partial charge >= 0.3 is 5.97 Å². The van der Waals surface area contributed by atoms with Crippen LogP contribution in [0.3, 0.4) is 0 Å². The van der Waals surface area contributed by atoms with Crippen molar-refractivity contribution >= 4 is 35.5 Å². The lowest BCUT2D eigenvalue weighted by Crippen LogP contribution is -2.46. The van der Waals surface area contributed by atoms with Crippen molar-refractivity contribution in [1.29, 1.82) is 0 Å². The molecule has 1 aliphatic rings. The summed E-state index contributed by atoms with van der Waals surface area (Å²) in [5.74, 6) is -0.728. The Balaban J connectivity index is 2.15. The van der Waals surface area contributed by atoms with Gasteiger partial charge in [0, 0.05) is 43.2 Å². The number of rotatable bonds is 5. The lowest BCUT2D eigenvalue weighted by Gasteiger charge is -2.28. The molecule has 0 N–H and O–H groups in total. The average Bonchev–Trinajstić information content (AvgIpc) is 2.74. The molecule has 6 nitrogen and oxygen atoms in total. The van der Waals surface area contributed by atoms with Gasteiger partial charge in [-0.05, 0) is 18.2 Å². The van der Waals surface area contributed by atoms with E-state index in [9.17, 15) is 14.4 Å². The van der Waals surface area contributed by atoms with Crippen LogP contribution in [0.15, 0.2) is 24.3 Å². The largest absolute Gasteiger partial charge is 0.467 e. The van der Waals surface area contributed by atoms with Gasteiger partial charge in [0.05, 0.1) is 7.11 Å². The topological polar surface area (TPSA) is 66.9 Å². The number of aldehydes is 1. The summed E-state index contributed by atoms with van der Waals surface area (Å²) in [6, 6.07) is 6.55. The van der Waals surface area contributed by atoms with Gasteiger partial charge in [0.2, 0.25) is 5.91 Å². The number of hydrogen-bond donors (Lipinski definition) is 0. The number of methoxy groups -OCH3 is 1. The van der Waals surface area contributed by atoms with Crippen molar-refractivity contribution in [1.82, 2.24) is 4.90 Å². The van der Waals surface area contributed by atoms with E-state index in [-0.39, 0.29) is 18.7 Å². The molecule has 0 aliphatic carbocycles. The Bertz CT molecular complexity index is 593. The minimum Gasteiger partial charge on any atom is -0.467 e. The first-order valence-corrected chi connectivity index (χ1v) is 7.76. The number of hydrogen-bond acceptors (Lipinski definition) is 5. The summed E-state index contributed by atoms with van der Waals surface area (Å²) in [7, 11) is 1.25. The molecule has 7 heteroatoms. The number of nitrogens with zero attached hydrogens (tertiary/aromatic N) is 2. The molecule has 1 saturated heterocycles. The number of amides is 1. The Morgan fingerprint density at radius 2 is 2.17 bits per heavy atom. The monoisotopic (exact) mass is 338 g/mol. The molecule has 0 bridgehead atoms. The highest BCUT2D eigenvalue weighted by Crippen LogP contribution is 2.22. The highest BCUT2D eigenvalue weighted by Gasteiger charge is 2.32. The van der Waals surface area contributed by atoms with Crippen LogP contribution in [-0.2, 0) is 19.1 Å². The van der Waals surface area contributed by atoms with Gasteiger partial charge < -0.3 is 19.3 Å². The maximum absolute atomic E-state index is 12.3. The van der Waals surface area contributed by atoms with Crippen LogP contribution >= 0.6 is 11.6 Å². The molecule has 1 atom stereocenters. The molecule has 0 spiro atoms. The van der Waals surface area contributed by atoms with Gasteiger partial charge in [-0.2, -0.15) is 0 Å². The highest BCUT2D eigenvalue weighted by atomic mass is 35.5. The predicted molar refractivity (Wildman–Crippen MR) is 86.5 cm³/mol. The average molecular weight is 339 g/mol. The van der Waals surface area contributed by atoms with Gasteiger partial charge in [-0.3, -0.25) is 4.79 Å². The van der Waals surface area contributed by atoms with Crippen molar-refractivity contribution in [3.63, 3.8) is 0 Å². The number of benzene rings is 1. The molecule has 1 aromatic carbocycles. The molecular weight excluding hydrogens is 320 g/mol. The fraction of sp³-hybridized carbons (Fsp3) is 0.438. The third-order valence-corrected chi connectivity index (χ3v) is 4.10. The van der Waals surface area contributed by atoms with E-state index in [0.29, 0.717) is 30.9 Å². The molecule has 124 valence electrons. The molecule has 1 fully saturated rings. The summed E-state index contributed by atoms with van der Waals surface area (Å²) in [6.07, 6.45) is 0.836. The van der Waals surface area contributed by atoms with Gasteiger partial charge in [-0.25, -0.2) is 4.79 Å². The number of ether oxygens (including phenoxy) is 1. The molecule has 1 aliphatic heterocycles. The van der Waals surface area contributed by atoms with Crippen molar-refractivity contribution in [2.75, 3.05) is 31.6 Å². The molecule has 0 aromatic heterocycles. The summed E-state index contributed by atoms with van der Waals surface area (Å²) in [5, 5.41) is 0.628. The Morgan fingerprint density at radius 1 is 1.39 bits per heavy atom. The van der Waals surface area contributed by atoms with E-state index in [0.717, 1.165) is 5.69 Å². The lowest BCUT2D eigenvalue weighted by atomic mass is 10.1. The Morgan fingerprint density at radius 3 is 2.83 bits per heavy atom. The molecule has 1 heterocycles. The number of anilines is 1. The minimum atomic E-state index is -0.857. The number of halogens is 1. The summed E-state index contributed by atoms with van der Waals surface area (Å²) in [6.45, 7) is 1.43. The summed E-state index contributed by atoms with van der Waals surface area (Å²) in [5.41, 5.74) is 0.928. The van der Waals surface area contributed by atoms with E-state index >= 15 is 0 Å². The maximum atomic E-state index is 12.3. The second-order valence-electron chi connectivity index (χ2n) is 5.25. The van der Waals surface area contributed by atoms with Crippen molar-refractivity contribution in [3.05, 3.63) is 29.3 Å². The molecule has 0 saturated carbocycles. The van der Waals surface area contributed by atoms with Crippen LogP contribution in [0.5, 0.6) is 0 Å². The second kappa shape index (κ2) is 7.97. The fourth-order valence-electron chi connectivity index (χ4n) is 2.68. The zero-order chi connectivity index (χ0) is 16.8. The first-order chi connectivity index (χ1) is 11.1. The van der Waals surface area contributed by atoms with Crippen LogP contribution in [0, 0.1) is 0 Å². The maximum Gasteiger partial charge on any atom is 0.329 e. The zero-order valence-electron chi connectivity index (χ0n) is 12.9. The lowest BCUT2D eigenvalue weighted by molar-refractivity contribution is -0.153. The molecule has 2 rings (SSSR count). The molecular formula is C16H19ClN2O4. The van der Waals surface area contributed by atoms with E-state index in [1.165, 1.54) is 12.0 Å². The Kier molecular flexibility index (Phi) is 5.98. The third kappa shape index (κ3) is 4.22. The van der Waals surface area contributed by atoms with Crippen molar-refractivity contribution in [2.24, 2.45) is 0 Å². The number of carbonyl (C=O) groups is 3. The minimum absolute atomic E-state index is 0.0599. The SMILES string of the molecule is COC(=O)[C@H](CC=O)N1CCN(c2cccc(Cl)c2)CCC1=O. The third-order valence-electron chi connectivity index (χ3n) is 3.87. The predicted octanol–water partition coefficient (Wildman–Crippen LogP) is 1.51. The van der Waals surface area contributed by atoms with Crippen LogP contribution < -0.4 is 4.90 Å². The van der Waals surface area contributed by atoms with E-state index in [1.807, 2.05) is 23.1 Å². The van der Waals surface area contributed by atoms with Crippen LogP contribution in [0.25, 0.3) is 0 Å². The van der Waals surface area contributed by atoms with Gasteiger partial charge in [0.1, 0.15) is 12.3 Å². The van der Waals surface area contributed by atoms with E-state index in [4.69, 9.17) is 16.3 Å². The van der Waals surface area contributed by atoms with E-state index < -0.39 is 12.0 Å². The first kappa shape index (κ1) is 17.3. The molecule has 23 heavy (non-hydrogen) atoms. The molecule has 0 radical (unpaired) electrons. The zero-order valence-corrected chi connectivity index (χ0v) is 13.7. The quantitative estimate of drug-likeness (QED) is 0.601.